The average molecular weight is 478 g/mol. The van der Waals surface area contributed by atoms with Gasteiger partial charge in [0.15, 0.2) is 0 Å². The molecule has 4 N–H and O–H groups in total. The molecule has 0 aromatic heterocycles. The number of phenolic OH excluding ortho intramolecular Hbond substituents is 1. The molecule has 1 aliphatic rings. The second kappa shape index (κ2) is 12.1. The Bertz CT molecular complexity index is 863. The smallest absolute Gasteiger partial charge is 0.408 e. The summed E-state index contributed by atoms with van der Waals surface area (Å²) in [6.07, 6.45) is 3.41. The zero-order valence-electron chi connectivity index (χ0n) is 20.9. The Labute approximate surface area is 201 Å². The lowest BCUT2D eigenvalue weighted by molar-refractivity contribution is -0.144. The largest absolute Gasteiger partial charge is 0.508 e. The van der Waals surface area contributed by atoms with Gasteiger partial charge in [0.1, 0.15) is 23.4 Å². The molecular formula is C25H39N3O6. The highest BCUT2D eigenvalue weighted by Crippen LogP contribution is 2.36. The molecule has 2 rings (SSSR count). The fourth-order valence-electron chi connectivity index (χ4n) is 3.66. The van der Waals surface area contributed by atoms with Gasteiger partial charge in [-0.3, -0.25) is 9.59 Å². The van der Waals surface area contributed by atoms with Crippen molar-refractivity contribution in [1.82, 2.24) is 15.5 Å². The van der Waals surface area contributed by atoms with Gasteiger partial charge in [-0.25, -0.2) is 4.79 Å². The molecule has 9 heteroatoms. The summed E-state index contributed by atoms with van der Waals surface area (Å²) in [4.78, 5) is 40.7. The number of carbonyl (C=O) groups is 3. The summed E-state index contributed by atoms with van der Waals surface area (Å²) in [5.74, 6) is -0.805. The van der Waals surface area contributed by atoms with Crippen LogP contribution >= 0.6 is 0 Å². The van der Waals surface area contributed by atoms with Gasteiger partial charge in [-0.2, -0.15) is 0 Å². The number of aliphatic hydroxyl groups is 1. The second-order valence-electron chi connectivity index (χ2n) is 9.80. The summed E-state index contributed by atoms with van der Waals surface area (Å²) in [7, 11) is 0. The van der Waals surface area contributed by atoms with Crippen LogP contribution in [0.2, 0.25) is 0 Å². The first kappa shape index (κ1) is 27.4. The Morgan fingerprint density at radius 2 is 1.88 bits per heavy atom. The standard InChI is InChI=1S/C25H39N3O6/c1-6-7-8-13-26-22(31)21(17-9-12-20(30)16(2)14-17)28(18-10-11-18)23(32)19(15-29)27-24(33)34-25(3,4)5/h9,12,14,18-19,21,29-30H,6-8,10-11,13,15H2,1-5H3,(H,26,31)(H,27,33). The van der Waals surface area contributed by atoms with Gasteiger partial charge >= 0.3 is 6.09 Å². The number of rotatable bonds is 11. The van der Waals surface area contributed by atoms with E-state index < -0.39 is 36.3 Å². The second-order valence-corrected chi connectivity index (χ2v) is 9.80. The monoisotopic (exact) mass is 477 g/mol. The number of aromatic hydroxyl groups is 1. The number of aliphatic hydroxyl groups excluding tert-OH is 1. The van der Waals surface area contributed by atoms with Crippen molar-refractivity contribution < 1.29 is 29.3 Å². The molecule has 0 heterocycles. The normalized spacial score (nSPS) is 15.2. The number of benzene rings is 1. The van der Waals surface area contributed by atoms with E-state index >= 15 is 0 Å². The number of ether oxygens (including phenoxy) is 1. The highest BCUT2D eigenvalue weighted by molar-refractivity contribution is 5.92. The van der Waals surface area contributed by atoms with E-state index in [1.165, 1.54) is 11.0 Å². The van der Waals surface area contributed by atoms with E-state index in [0.29, 0.717) is 30.5 Å². The topological polar surface area (TPSA) is 128 Å². The minimum atomic E-state index is -1.26. The van der Waals surface area contributed by atoms with E-state index in [1.807, 2.05) is 0 Å². The number of nitrogens with zero attached hydrogens (tertiary/aromatic N) is 1. The molecule has 2 atom stereocenters. The Morgan fingerprint density at radius 3 is 2.41 bits per heavy atom. The molecule has 1 aromatic rings. The van der Waals surface area contributed by atoms with Gasteiger partial charge < -0.3 is 30.5 Å². The zero-order valence-corrected chi connectivity index (χ0v) is 20.9. The molecule has 34 heavy (non-hydrogen) atoms. The Morgan fingerprint density at radius 1 is 1.21 bits per heavy atom. The molecule has 190 valence electrons. The number of hydrogen-bond acceptors (Lipinski definition) is 6. The fourth-order valence-corrected chi connectivity index (χ4v) is 3.66. The summed E-state index contributed by atoms with van der Waals surface area (Å²) in [6.45, 7) is 8.73. The molecular weight excluding hydrogens is 438 g/mol. The van der Waals surface area contributed by atoms with Crippen molar-refractivity contribution in [1.29, 1.82) is 0 Å². The van der Waals surface area contributed by atoms with Gasteiger partial charge in [0, 0.05) is 12.6 Å². The van der Waals surface area contributed by atoms with Crippen LogP contribution in [0.15, 0.2) is 18.2 Å². The van der Waals surface area contributed by atoms with E-state index in [2.05, 4.69) is 17.6 Å². The maximum absolute atomic E-state index is 13.6. The van der Waals surface area contributed by atoms with Crippen molar-refractivity contribution in [3.63, 3.8) is 0 Å². The number of aryl methyl sites for hydroxylation is 1. The summed E-state index contributed by atoms with van der Waals surface area (Å²) < 4.78 is 5.23. The van der Waals surface area contributed by atoms with Gasteiger partial charge in [0.2, 0.25) is 11.8 Å². The molecule has 0 aliphatic heterocycles. The van der Waals surface area contributed by atoms with Crippen molar-refractivity contribution in [2.75, 3.05) is 13.2 Å². The van der Waals surface area contributed by atoms with Gasteiger partial charge in [0.25, 0.3) is 0 Å². The predicted molar refractivity (Wildman–Crippen MR) is 128 cm³/mol. The molecule has 0 spiro atoms. The molecule has 1 fully saturated rings. The zero-order chi connectivity index (χ0) is 25.5. The lowest BCUT2D eigenvalue weighted by Gasteiger charge is -2.34. The predicted octanol–water partition coefficient (Wildman–Crippen LogP) is 2.92. The molecule has 9 nitrogen and oxygen atoms in total. The number of carbonyl (C=O) groups excluding carboxylic acids is 3. The molecule has 1 aromatic carbocycles. The molecule has 0 saturated heterocycles. The Balaban J connectivity index is 2.35. The van der Waals surface area contributed by atoms with Crippen molar-refractivity contribution in [3.05, 3.63) is 29.3 Å². The lowest BCUT2D eigenvalue weighted by Crippen LogP contribution is -2.55. The number of phenols is 1. The maximum atomic E-state index is 13.6. The summed E-state index contributed by atoms with van der Waals surface area (Å²) in [6, 6.07) is 2.39. The van der Waals surface area contributed by atoms with Crippen LogP contribution in [0.25, 0.3) is 0 Å². The molecule has 0 radical (unpaired) electrons. The van der Waals surface area contributed by atoms with E-state index in [-0.39, 0.29) is 17.7 Å². The Kier molecular flexibility index (Phi) is 9.73. The van der Waals surface area contributed by atoms with Crippen molar-refractivity contribution in [2.45, 2.75) is 90.4 Å². The molecule has 3 amide bonds. The van der Waals surface area contributed by atoms with Crippen molar-refractivity contribution in [2.24, 2.45) is 0 Å². The van der Waals surface area contributed by atoms with Crippen LogP contribution in [-0.2, 0) is 14.3 Å². The van der Waals surface area contributed by atoms with Gasteiger partial charge in [-0.15, -0.1) is 0 Å². The van der Waals surface area contributed by atoms with Crippen LogP contribution in [0, 0.1) is 6.92 Å². The van der Waals surface area contributed by atoms with E-state index in [9.17, 15) is 24.6 Å². The fraction of sp³-hybridized carbons (Fsp3) is 0.640. The maximum Gasteiger partial charge on any atom is 0.408 e. The van der Waals surface area contributed by atoms with Crippen molar-refractivity contribution in [3.8, 4) is 5.75 Å². The molecule has 2 unspecified atom stereocenters. The quantitative estimate of drug-likeness (QED) is 0.363. The third-order valence-electron chi connectivity index (χ3n) is 5.51. The first-order valence-electron chi connectivity index (χ1n) is 12.0. The van der Waals surface area contributed by atoms with E-state index in [0.717, 1.165) is 19.3 Å². The van der Waals surface area contributed by atoms with Gasteiger partial charge in [-0.05, 0) is 70.2 Å². The number of nitrogens with one attached hydrogen (secondary N) is 2. The average Bonchev–Trinajstić information content (AvgIpc) is 3.58. The van der Waals surface area contributed by atoms with Crippen LogP contribution < -0.4 is 10.6 Å². The van der Waals surface area contributed by atoms with Crippen molar-refractivity contribution >= 4 is 17.9 Å². The van der Waals surface area contributed by atoms with Gasteiger partial charge in [0.05, 0.1) is 6.61 Å². The van der Waals surface area contributed by atoms with Gasteiger partial charge in [-0.1, -0.05) is 25.8 Å². The number of unbranched alkanes of at least 4 members (excludes halogenated alkanes) is 2. The van der Waals surface area contributed by atoms with Crippen LogP contribution in [0.5, 0.6) is 5.75 Å². The first-order chi connectivity index (χ1) is 16.0. The first-order valence-corrected chi connectivity index (χ1v) is 12.0. The summed E-state index contributed by atoms with van der Waals surface area (Å²) in [5, 5.41) is 25.3. The van der Waals surface area contributed by atoms with Crippen LogP contribution in [0.4, 0.5) is 4.79 Å². The highest BCUT2D eigenvalue weighted by atomic mass is 16.6. The van der Waals surface area contributed by atoms with Crippen LogP contribution in [-0.4, -0.2) is 63.9 Å². The number of alkyl carbamates (subject to hydrolysis) is 1. The molecule has 0 bridgehead atoms. The van der Waals surface area contributed by atoms with Crippen LogP contribution in [0.3, 0.4) is 0 Å². The molecule has 1 aliphatic carbocycles. The number of amides is 3. The van der Waals surface area contributed by atoms with E-state index in [4.69, 9.17) is 4.74 Å². The Hall–Kier alpha value is -2.81. The minimum absolute atomic E-state index is 0.0926. The highest BCUT2D eigenvalue weighted by Gasteiger charge is 2.44. The third kappa shape index (κ3) is 7.90. The lowest BCUT2D eigenvalue weighted by atomic mass is 10.00. The van der Waals surface area contributed by atoms with E-state index in [1.54, 1.807) is 39.8 Å². The summed E-state index contributed by atoms with van der Waals surface area (Å²) >= 11 is 0. The minimum Gasteiger partial charge on any atom is -0.508 e. The SMILES string of the molecule is CCCCCNC(=O)C(c1ccc(O)c(C)c1)N(C(=O)C(CO)NC(=O)OC(C)(C)C)C1CC1. The summed E-state index contributed by atoms with van der Waals surface area (Å²) in [5.41, 5.74) is 0.362. The number of hydrogen-bond donors (Lipinski definition) is 4. The molecule has 1 saturated carbocycles. The van der Waals surface area contributed by atoms with Crippen LogP contribution in [0.1, 0.15) is 77.0 Å². The third-order valence-corrected chi connectivity index (χ3v) is 5.51.